The standard InChI is InChI=1S/C14H12Cl2FNS/c15-10-3-6-12(16)13(7-10)19-14(8-18)9-1-4-11(17)5-2-9/h1-7,14H,8,18H2. The van der Waals surface area contributed by atoms with Gasteiger partial charge in [0.15, 0.2) is 0 Å². The van der Waals surface area contributed by atoms with Gasteiger partial charge in [0.1, 0.15) is 5.82 Å². The fourth-order valence-electron chi connectivity index (χ4n) is 1.65. The molecule has 2 aromatic rings. The molecule has 0 aliphatic carbocycles. The number of hydrogen-bond acceptors (Lipinski definition) is 2. The molecule has 0 bridgehead atoms. The number of hydrogen-bond donors (Lipinski definition) is 1. The number of halogens is 3. The van der Waals surface area contributed by atoms with Crippen LogP contribution in [0.5, 0.6) is 0 Å². The Bertz CT molecular complexity index is 560. The van der Waals surface area contributed by atoms with Gasteiger partial charge in [-0.25, -0.2) is 4.39 Å². The third-order valence-corrected chi connectivity index (χ3v) is 4.64. The van der Waals surface area contributed by atoms with Crippen LogP contribution in [-0.4, -0.2) is 6.54 Å². The average Bonchev–Trinajstić information content (AvgIpc) is 2.41. The Hall–Kier alpha value is -0.740. The van der Waals surface area contributed by atoms with Crippen molar-refractivity contribution in [1.29, 1.82) is 0 Å². The molecule has 2 aromatic carbocycles. The summed E-state index contributed by atoms with van der Waals surface area (Å²) in [4.78, 5) is 0.869. The highest BCUT2D eigenvalue weighted by atomic mass is 35.5. The van der Waals surface area contributed by atoms with Crippen molar-refractivity contribution in [3.8, 4) is 0 Å². The van der Waals surface area contributed by atoms with Crippen molar-refractivity contribution in [1.82, 2.24) is 0 Å². The van der Waals surface area contributed by atoms with Crippen LogP contribution in [0.3, 0.4) is 0 Å². The minimum absolute atomic E-state index is 0.0107. The van der Waals surface area contributed by atoms with E-state index in [2.05, 4.69) is 0 Å². The van der Waals surface area contributed by atoms with E-state index in [0.29, 0.717) is 16.6 Å². The van der Waals surface area contributed by atoms with Gasteiger partial charge in [0.05, 0.1) is 5.02 Å². The molecule has 2 N–H and O–H groups in total. The molecule has 100 valence electrons. The first-order valence-electron chi connectivity index (χ1n) is 5.67. The Balaban J connectivity index is 2.23. The smallest absolute Gasteiger partial charge is 0.123 e. The normalized spacial score (nSPS) is 12.4. The highest BCUT2D eigenvalue weighted by Gasteiger charge is 2.14. The average molecular weight is 316 g/mol. The van der Waals surface area contributed by atoms with Gasteiger partial charge in [0.25, 0.3) is 0 Å². The van der Waals surface area contributed by atoms with Gasteiger partial charge in [-0.1, -0.05) is 35.3 Å². The minimum atomic E-state index is -0.259. The van der Waals surface area contributed by atoms with Crippen molar-refractivity contribution >= 4 is 35.0 Å². The SMILES string of the molecule is NCC(Sc1cc(Cl)ccc1Cl)c1ccc(F)cc1. The van der Waals surface area contributed by atoms with Crippen LogP contribution in [0.1, 0.15) is 10.8 Å². The predicted molar refractivity (Wildman–Crippen MR) is 80.5 cm³/mol. The zero-order valence-corrected chi connectivity index (χ0v) is 12.3. The van der Waals surface area contributed by atoms with Crippen molar-refractivity contribution in [2.24, 2.45) is 5.73 Å². The molecule has 19 heavy (non-hydrogen) atoms. The molecule has 0 aromatic heterocycles. The highest BCUT2D eigenvalue weighted by Crippen LogP contribution is 2.39. The maximum absolute atomic E-state index is 12.9. The van der Waals surface area contributed by atoms with Gasteiger partial charge < -0.3 is 5.73 Å². The molecule has 0 heterocycles. The van der Waals surface area contributed by atoms with Crippen LogP contribution in [0.25, 0.3) is 0 Å². The lowest BCUT2D eigenvalue weighted by atomic mass is 10.1. The van der Waals surface area contributed by atoms with E-state index in [9.17, 15) is 4.39 Å². The molecule has 0 saturated carbocycles. The summed E-state index contributed by atoms with van der Waals surface area (Å²) in [5, 5.41) is 1.27. The molecule has 0 radical (unpaired) electrons. The van der Waals surface area contributed by atoms with Crippen molar-refractivity contribution in [2.45, 2.75) is 10.1 Å². The summed E-state index contributed by atoms with van der Waals surface area (Å²) < 4.78 is 12.9. The first-order valence-corrected chi connectivity index (χ1v) is 7.31. The molecule has 5 heteroatoms. The lowest BCUT2D eigenvalue weighted by Gasteiger charge is -2.16. The zero-order valence-electron chi connectivity index (χ0n) is 9.95. The summed E-state index contributed by atoms with van der Waals surface area (Å²) in [5.41, 5.74) is 6.75. The van der Waals surface area contributed by atoms with Crippen LogP contribution in [-0.2, 0) is 0 Å². The molecule has 0 spiro atoms. The van der Waals surface area contributed by atoms with E-state index >= 15 is 0 Å². The molecule has 2 rings (SSSR count). The Kier molecular flexibility index (Phi) is 5.11. The summed E-state index contributed by atoms with van der Waals surface area (Å²) in [6, 6.07) is 11.6. The van der Waals surface area contributed by atoms with Crippen LogP contribution in [0, 0.1) is 5.82 Å². The van der Waals surface area contributed by atoms with Gasteiger partial charge >= 0.3 is 0 Å². The summed E-state index contributed by atoms with van der Waals surface area (Å²) >= 11 is 13.6. The number of nitrogens with two attached hydrogens (primary N) is 1. The fraction of sp³-hybridized carbons (Fsp3) is 0.143. The van der Waals surface area contributed by atoms with E-state index in [-0.39, 0.29) is 11.1 Å². The fourth-order valence-corrected chi connectivity index (χ4v) is 3.21. The van der Waals surface area contributed by atoms with E-state index < -0.39 is 0 Å². The zero-order chi connectivity index (χ0) is 13.8. The first kappa shape index (κ1) is 14.7. The minimum Gasteiger partial charge on any atom is -0.329 e. The van der Waals surface area contributed by atoms with Gasteiger partial charge in [-0.3, -0.25) is 0 Å². The number of benzene rings is 2. The van der Waals surface area contributed by atoms with E-state index in [0.717, 1.165) is 10.5 Å². The van der Waals surface area contributed by atoms with E-state index in [1.165, 1.54) is 23.9 Å². The molecule has 1 nitrogen and oxygen atoms in total. The Morgan fingerprint density at radius 2 is 1.79 bits per heavy atom. The van der Waals surface area contributed by atoms with Gasteiger partial charge in [0.2, 0.25) is 0 Å². The number of rotatable bonds is 4. The second-order valence-corrected chi connectivity index (χ2v) is 6.06. The maximum atomic E-state index is 12.9. The highest BCUT2D eigenvalue weighted by molar-refractivity contribution is 7.99. The summed E-state index contributed by atoms with van der Waals surface area (Å²) in [6.07, 6.45) is 0. The van der Waals surface area contributed by atoms with Crippen molar-refractivity contribution in [2.75, 3.05) is 6.54 Å². The lowest BCUT2D eigenvalue weighted by Crippen LogP contribution is -2.09. The van der Waals surface area contributed by atoms with Gasteiger partial charge in [-0.05, 0) is 35.9 Å². The summed E-state index contributed by atoms with van der Waals surface area (Å²) in [7, 11) is 0. The summed E-state index contributed by atoms with van der Waals surface area (Å²) in [5.74, 6) is -0.259. The molecule has 0 fully saturated rings. The second-order valence-electron chi connectivity index (χ2n) is 3.97. The molecule has 0 aliphatic heterocycles. The topological polar surface area (TPSA) is 26.0 Å². The molecule has 1 unspecified atom stereocenters. The van der Waals surface area contributed by atoms with Gasteiger partial charge in [-0.15, -0.1) is 11.8 Å². The van der Waals surface area contributed by atoms with Crippen molar-refractivity contribution in [3.63, 3.8) is 0 Å². The van der Waals surface area contributed by atoms with Gasteiger partial charge in [-0.2, -0.15) is 0 Å². The molecule has 0 aliphatic rings. The molecule has 1 atom stereocenters. The Labute approximate surface area is 125 Å². The second kappa shape index (κ2) is 6.62. The van der Waals surface area contributed by atoms with Crippen LogP contribution < -0.4 is 5.73 Å². The largest absolute Gasteiger partial charge is 0.329 e. The maximum Gasteiger partial charge on any atom is 0.123 e. The molecular weight excluding hydrogens is 304 g/mol. The van der Waals surface area contributed by atoms with E-state index in [1.54, 1.807) is 30.3 Å². The monoisotopic (exact) mass is 315 g/mol. The lowest BCUT2D eigenvalue weighted by molar-refractivity contribution is 0.627. The molecule has 0 saturated heterocycles. The van der Waals surface area contributed by atoms with E-state index in [1.807, 2.05) is 0 Å². The predicted octanol–water partition coefficient (Wildman–Crippen LogP) is 4.92. The first-order chi connectivity index (χ1) is 9.10. The molecule has 0 amide bonds. The van der Waals surface area contributed by atoms with E-state index in [4.69, 9.17) is 28.9 Å². The summed E-state index contributed by atoms with van der Waals surface area (Å²) in [6.45, 7) is 0.430. The van der Waals surface area contributed by atoms with Crippen LogP contribution >= 0.6 is 35.0 Å². The third kappa shape index (κ3) is 3.86. The molecular formula is C14H12Cl2FNS. The Morgan fingerprint density at radius 3 is 2.42 bits per heavy atom. The third-order valence-electron chi connectivity index (χ3n) is 2.62. The van der Waals surface area contributed by atoms with Crippen molar-refractivity contribution < 1.29 is 4.39 Å². The Morgan fingerprint density at radius 1 is 1.11 bits per heavy atom. The van der Waals surface area contributed by atoms with Gasteiger partial charge in [0, 0.05) is 21.7 Å². The number of thioether (sulfide) groups is 1. The van der Waals surface area contributed by atoms with Crippen LogP contribution in [0.2, 0.25) is 10.0 Å². The van der Waals surface area contributed by atoms with Crippen LogP contribution in [0.4, 0.5) is 4.39 Å². The van der Waals surface area contributed by atoms with Crippen LogP contribution in [0.15, 0.2) is 47.4 Å². The quantitative estimate of drug-likeness (QED) is 0.810. The van der Waals surface area contributed by atoms with Crippen molar-refractivity contribution in [3.05, 3.63) is 63.9 Å².